The highest BCUT2D eigenvalue weighted by molar-refractivity contribution is 6.39. The summed E-state index contributed by atoms with van der Waals surface area (Å²) in [5.74, 6) is -7.47. The van der Waals surface area contributed by atoms with E-state index >= 15 is 0 Å². The number of fused-ring (bicyclic) bond motifs is 3. The summed E-state index contributed by atoms with van der Waals surface area (Å²) in [6.45, 7) is 11.4. The molecular weight excluding hydrogens is 734 g/mol. The van der Waals surface area contributed by atoms with Gasteiger partial charge in [-0.1, -0.05) is 52.3 Å². The third kappa shape index (κ3) is 11.2. The van der Waals surface area contributed by atoms with E-state index in [2.05, 4.69) is 6.92 Å². The summed E-state index contributed by atoms with van der Waals surface area (Å²) >= 11 is 0. The Labute approximate surface area is 339 Å². The van der Waals surface area contributed by atoms with Crippen molar-refractivity contribution >= 4 is 23.4 Å². The highest BCUT2D eigenvalue weighted by atomic mass is 16.7. The third-order valence-corrected chi connectivity index (χ3v) is 13.2. The summed E-state index contributed by atoms with van der Waals surface area (Å²) in [7, 11) is 4.64. The van der Waals surface area contributed by atoms with Crippen molar-refractivity contribution in [1.29, 1.82) is 0 Å². The quantitative estimate of drug-likeness (QED) is 0.181. The van der Waals surface area contributed by atoms with Gasteiger partial charge in [-0.05, 0) is 95.0 Å². The van der Waals surface area contributed by atoms with E-state index in [1.54, 1.807) is 21.0 Å². The lowest BCUT2D eigenvalue weighted by molar-refractivity contribution is -0.302. The molecule has 3 aliphatic heterocycles. The van der Waals surface area contributed by atoms with E-state index in [9.17, 15) is 34.5 Å². The number of cyclic esters (lactones) is 1. The maximum atomic E-state index is 14.4. The second-order valence-corrected chi connectivity index (χ2v) is 17.3. The molecule has 0 aromatic carbocycles. The van der Waals surface area contributed by atoms with Gasteiger partial charge in [0, 0.05) is 52.0 Å². The number of piperidine rings is 1. The number of esters is 1. The Morgan fingerprint density at radius 1 is 0.895 bits per heavy atom. The van der Waals surface area contributed by atoms with Gasteiger partial charge in [0.15, 0.2) is 0 Å². The molecule has 13 nitrogen and oxygen atoms in total. The van der Waals surface area contributed by atoms with Crippen LogP contribution >= 0.6 is 0 Å². The Morgan fingerprint density at radius 2 is 1.56 bits per heavy atom. The van der Waals surface area contributed by atoms with Gasteiger partial charge < -0.3 is 43.9 Å². The van der Waals surface area contributed by atoms with Crippen molar-refractivity contribution < 1.29 is 58.2 Å². The van der Waals surface area contributed by atoms with E-state index in [1.165, 1.54) is 19.1 Å². The summed E-state index contributed by atoms with van der Waals surface area (Å²) in [4.78, 5) is 57.9. The van der Waals surface area contributed by atoms with Crippen LogP contribution in [0.5, 0.6) is 0 Å². The lowest BCUT2D eigenvalue weighted by Crippen LogP contribution is -2.64. The maximum absolute atomic E-state index is 14.4. The topological polar surface area (TPSA) is 178 Å². The molecule has 0 aromatic heterocycles. The minimum atomic E-state index is -2.50. The van der Waals surface area contributed by atoms with Gasteiger partial charge in [-0.3, -0.25) is 14.4 Å². The number of ketones is 2. The zero-order valence-electron chi connectivity index (χ0n) is 35.8. The zero-order valence-corrected chi connectivity index (χ0v) is 35.8. The summed E-state index contributed by atoms with van der Waals surface area (Å²) in [5.41, 5.74) is 1.75. The first-order chi connectivity index (χ1) is 27.0. The number of Topliss-reactive ketones (excluding diaryl/α,β-unsaturated/α-hetero) is 2. The molecule has 3 N–H and O–H groups in total. The summed E-state index contributed by atoms with van der Waals surface area (Å²) in [6.07, 6.45) is 4.29. The first-order valence-corrected chi connectivity index (χ1v) is 21.3. The number of hydrogen-bond donors (Lipinski definition) is 3. The summed E-state index contributed by atoms with van der Waals surface area (Å²) in [5, 5.41) is 34.3. The number of hydrogen-bond acceptors (Lipinski definition) is 12. The second-order valence-electron chi connectivity index (χ2n) is 17.3. The number of ether oxygens (including phenoxy) is 5. The van der Waals surface area contributed by atoms with E-state index in [0.29, 0.717) is 57.8 Å². The Kier molecular flexibility index (Phi) is 17.5. The van der Waals surface area contributed by atoms with E-state index in [1.807, 2.05) is 32.9 Å². The number of carbonyl (C=O) groups excluding carboxylic acids is 4. The molecular formula is C44H71NO12. The zero-order chi connectivity index (χ0) is 42.2. The van der Waals surface area contributed by atoms with Crippen LogP contribution in [-0.2, 0) is 42.9 Å². The molecule has 1 aliphatic carbocycles. The highest BCUT2D eigenvalue weighted by Gasteiger charge is 2.56. The van der Waals surface area contributed by atoms with Gasteiger partial charge in [0.05, 0.1) is 30.5 Å². The number of aliphatic hydroxyl groups excluding tert-OH is 2. The summed E-state index contributed by atoms with van der Waals surface area (Å²) < 4.78 is 29.9. The van der Waals surface area contributed by atoms with Crippen molar-refractivity contribution in [2.45, 2.75) is 173 Å². The van der Waals surface area contributed by atoms with Crippen molar-refractivity contribution in [3.63, 3.8) is 0 Å². The standard InChI is InChI=1S/C44H71NO12/c1-10-30-19-25(3)18-26(4)20-37(54-8)40-38(55-9)21-27(5)44(52,57-40)41(49)42(50)45-17-13-12-14-32(45)43(51)56-39(28(6)34(47)24-35(30)48)31(11-2)22-29-15-16-33(46)36(23-29)53-7/h19,22,26-30,32-34,36-40,46-47,52H,10-18,20-21,23-24H2,1-9H3. The van der Waals surface area contributed by atoms with Crippen molar-refractivity contribution in [1.82, 2.24) is 4.90 Å². The monoisotopic (exact) mass is 805 g/mol. The van der Waals surface area contributed by atoms with Gasteiger partial charge in [-0.2, -0.15) is 0 Å². The number of aliphatic hydroxyl groups is 3. The fourth-order valence-corrected chi connectivity index (χ4v) is 9.55. The molecule has 4 rings (SSSR count). The van der Waals surface area contributed by atoms with Crippen LogP contribution in [-0.4, -0.2) is 126 Å². The molecule has 13 heteroatoms. The SMILES string of the molecule is CCC(=CC1CCC(O)C(OC)C1)C1OC(=O)C2CCCCN2C(=O)C(=O)C2(O)OC(C(OC)CC(C)CC(C)=CC(CC)C(=O)CC(O)C1C)C(OC)CC2C. The number of allylic oxidation sites excluding steroid dienone is 3. The minimum absolute atomic E-state index is 0.00550. The molecule has 3 fully saturated rings. The van der Waals surface area contributed by atoms with Crippen LogP contribution in [0.25, 0.3) is 0 Å². The minimum Gasteiger partial charge on any atom is -0.456 e. The number of nitrogens with zero attached hydrogens (tertiary/aromatic N) is 1. The Balaban J connectivity index is 1.79. The molecule has 2 saturated heterocycles. The highest BCUT2D eigenvalue weighted by Crippen LogP contribution is 2.39. The van der Waals surface area contributed by atoms with Gasteiger partial charge in [0.1, 0.15) is 24.0 Å². The number of carbonyl (C=O) groups is 4. The molecule has 1 saturated carbocycles. The molecule has 3 heterocycles. The molecule has 0 spiro atoms. The van der Waals surface area contributed by atoms with Crippen LogP contribution in [0.4, 0.5) is 0 Å². The van der Waals surface area contributed by atoms with Crippen molar-refractivity contribution in [3.05, 3.63) is 23.3 Å². The Morgan fingerprint density at radius 3 is 2.19 bits per heavy atom. The smallest absolute Gasteiger partial charge is 0.329 e. The molecule has 1 amide bonds. The maximum Gasteiger partial charge on any atom is 0.329 e. The van der Waals surface area contributed by atoms with Crippen LogP contribution in [0.1, 0.15) is 119 Å². The van der Waals surface area contributed by atoms with Crippen LogP contribution in [0.15, 0.2) is 23.3 Å². The summed E-state index contributed by atoms with van der Waals surface area (Å²) in [6, 6.07) is -1.13. The molecule has 324 valence electrons. The molecule has 0 radical (unpaired) electrons. The Hall–Kier alpha value is -2.52. The normalized spacial score (nSPS) is 40.1. The average molecular weight is 806 g/mol. The van der Waals surface area contributed by atoms with Crippen molar-refractivity contribution in [2.24, 2.45) is 29.6 Å². The molecule has 2 bridgehead atoms. The molecule has 57 heavy (non-hydrogen) atoms. The fraction of sp³-hybridized carbons (Fsp3) is 0.818. The van der Waals surface area contributed by atoms with Crippen LogP contribution in [0.2, 0.25) is 0 Å². The van der Waals surface area contributed by atoms with E-state index in [0.717, 1.165) is 11.1 Å². The van der Waals surface area contributed by atoms with Gasteiger partial charge in [-0.15, -0.1) is 0 Å². The molecule has 4 aliphatic rings. The third-order valence-electron chi connectivity index (χ3n) is 13.2. The van der Waals surface area contributed by atoms with Gasteiger partial charge in [-0.25, -0.2) is 4.79 Å². The van der Waals surface area contributed by atoms with Gasteiger partial charge in [0.25, 0.3) is 11.7 Å². The van der Waals surface area contributed by atoms with Crippen LogP contribution in [0.3, 0.4) is 0 Å². The van der Waals surface area contributed by atoms with E-state index in [4.69, 9.17) is 23.7 Å². The molecule has 14 unspecified atom stereocenters. The average Bonchev–Trinajstić information content (AvgIpc) is 3.20. The van der Waals surface area contributed by atoms with Crippen molar-refractivity contribution in [2.75, 3.05) is 27.9 Å². The van der Waals surface area contributed by atoms with Gasteiger partial charge >= 0.3 is 5.97 Å². The first kappa shape index (κ1) is 47.2. The van der Waals surface area contributed by atoms with E-state index in [-0.39, 0.29) is 49.5 Å². The van der Waals surface area contributed by atoms with Crippen molar-refractivity contribution in [3.8, 4) is 0 Å². The van der Waals surface area contributed by atoms with Crippen LogP contribution in [0, 0.1) is 29.6 Å². The van der Waals surface area contributed by atoms with E-state index < -0.39 is 83.9 Å². The number of methoxy groups -OCH3 is 3. The fourth-order valence-electron chi connectivity index (χ4n) is 9.55. The number of amides is 1. The number of rotatable bonds is 7. The van der Waals surface area contributed by atoms with Crippen LogP contribution < -0.4 is 0 Å². The lowest BCUT2D eigenvalue weighted by atomic mass is 9.81. The predicted octanol–water partition coefficient (Wildman–Crippen LogP) is 4.86. The largest absolute Gasteiger partial charge is 0.456 e. The Bertz CT molecular complexity index is 1450. The first-order valence-electron chi connectivity index (χ1n) is 21.3. The lowest BCUT2D eigenvalue weighted by Gasteiger charge is -2.47. The molecule has 0 aromatic rings. The predicted molar refractivity (Wildman–Crippen MR) is 213 cm³/mol. The molecule has 14 atom stereocenters. The second kappa shape index (κ2) is 21.1. The van der Waals surface area contributed by atoms with Gasteiger partial charge in [0.2, 0.25) is 5.79 Å².